The molecule has 2 N–H and O–H groups in total. The second kappa shape index (κ2) is 11.8. The summed E-state index contributed by atoms with van der Waals surface area (Å²) in [5.74, 6) is 2.31. The lowest BCUT2D eigenvalue weighted by molar-refractivity contribution is 0.632. The molecule has 0 aliphatic rings. The maximum atomic E-state index is 12.0. The number of nitrogens with zero attached hydrogens (tertiary/aromatic N) is 4. The van der Waals surface area contributed by atoms with Gasteiger partial charge in [-0.15, -0.1) is 34.2 Å². The highest BCUT2D eigenvalue weighted by atomic mass is 127. The van der Waals surface area contributed by atoms with Crippen molar-refractivity contribution in [1.29, 1.82) is 0 Å². The van der Waals surface area contributed by atoms with E-state index in [1.54, 1.807) is 6.33 Å². The first-order valence-electron chi connectivity index (χ1n) is 8.15. The van der Waals surface area contributed by atoms with Crippen LogP contribution in [-0.4, -0.2) is 55.1 Å². The molecule has 1 aromatic rings. The lowest BCUT2D eigenvalue weighted by Gasteiger charge is -2.17. The van der Waals surface area contributed by atoms with Gasteiger partial charge in [0.25, 0.3) is 0 Å². The Morgan fingerprint density at radius 1 is 1.33 bits per heavy atom. The molecule has 0 saturated heterocycles. The Balaban J connectivity index is 0.00000529. The van der Waals surface area contributed by atoms with E-state index in [-0.39, 0.29) is 28.7 Å². The number of guanidine groups is 1. The van der Waals surface area contributed by atoms with E-state index in [0.29, 0.717) is 12.3 Å². The van der Waals surface area contributed by atoms with Crippen LogP contribution in [0.15, 0.2) is 11.3 Å². The minimum Gasteiger partial charge on any atom is -0.357 e. The van der Waals surface area contributed by atoms with Crippen molar-refractivity contribution in [2.45, 2.75) is 52.3 Å². The molecule has 9 heteroatoms. The van der Waals surface area contributed by atoms with Crippen molar-refractivity contribution in [1.82, 2.24) is 25.4 Å². The van der Waals surface area contributed by atoms with Gasteiger partial charge in [0.15, 0.2) is 5.96 Å². The molecule has 1 aromatic heterocycles. The van der Waals surface area contributed by atoms with Gasteiger partial charge in [0, 0.05) is 47.4 Å². The van der Waals surface area contributed by atoms with E-state index in [1.165, 1.54) is 0 Å². The molecular weight excluding hydrogens is 439 g/mol. The molecule has 24 heavy (non-hydrogen) atoms. The summed E-state index contributed by atoms with van der Waals surface area (Å²) < 4.78 is 13.9. The SMILES string of the molecule is CCNC(=NCCS(=O)C(C)(C)C)NCCn1cnnc1CC.I. The van der Waals surface area contributed by atoms with Crippen LogP contribution in [0.3, 0.4) is 0 Å². The van der Waals surface area contributed by atoms with Crippen molar-refractivity contribution in [3.8, 4) is 0 Å². The van der Waals surface area contributed by atoms with Crippen LogP contribution >= 0.6 is 24.0 Å². The van der Waals surface area contributed by atoms with E-state index in [9.17, 15) is 4.21 Å². The third-order valence-electron chi connectivity index (χ3n) is 3.23. The van der Waals surface area contributed by atoms with E-state index < -0.39 is 10.8 Å². The smallest absolute Gasteiger partial charge is 0.191 e. The third-order valence-corrected chi connectivity index (χ3v) is 5.15. The first-order valence-corrected chi connectivity index (χ1v) is 9.47. The summed E-state index contributed by atoms with van der Waals surface area (Å²) in [4.78, 5) is 4.49. The van der Waals surface area contributed by atoms with Gasteiger partial charge in [-0.1, -0.05) is 6.92 Å². The van der Waals surface area contributed by atoms with Crippen molar-refractivity contribution in [3.05, 3.63) is 12.2 Å². The zero-order valence-electron chi connectivity index (χ0n) is 15.3. The molecule has 0 saturated carbocycles. The maximum absolute atomic E-state index is 12.0. The molecule has 0 aliphatic heterocycles. The van der Waals surface area contributed by atoms with Gasteiger partial charge in [0.05, 0.1) is 6.54 Å². The summed E-state index contributed by atoms with van der Waals surface area (Å²) in [6.45, 7) is 12.9. The Morgan fingerprint density at radius 3 is 2.62 bits per heavy atom. The number of aliphatic imine (C=N–C) groups is 1. The number of aryl methyl sites for hydroxylation is 1. The van der Waals surface area contributed by atoms with E-state index in [2.05, 4.69) is 32.7 Å². The van der Waals surface area contributed by atoms with Crippen LogP contribution in [0.4, 0.5) is 0 Å². The van der Waals surface area contributed by atoms with Gasteiger partial charge in [-0.2, -0.15) is 0 Å². The first kappa shape index (κ1) is 23.3. The average Bonchev–Trinajstić information content (AvgIpc) is 2.93. The third kappa shape index (κ3) is 8.41. The zero-order valence-corrected chi connectivity index (χ0v) is 18.5. The molecule has 0 aliphatic carbocycles. The predicted octanol–water partition coefficient (Wildman–Crippen LogP) is 1.56. The maximum Gasteiger partial charge on any atom is 0.191 e. The molecule has 0 spiro atoms. The molecule has 1 heterocycles. The minimum atomic E-state index is -0.875. The van der Waals surface area contributed by atoms with Crippen molar-refractivity contribution in [2.75, 3.05) is 25.4 Å². The second-order valence-corrected chi connectivity index (χ2v) is 8.47. The Bertz CT molecular complexity index is 526. The van der Waals surface area contributed by atoms with Crippen LogP contribution in [0, 0.1) is 0 Å². The Morgan fingerprint density at radius 2 is 2.04 bits per heavy atom. The predicted molar refractivity (Wildman–Crippen MR) is 112 cm³/mol. The normalized spacial score (nSPS) is 13.3. The van der Waals surface area contributed by atoms with Crippen LogP contribution in [0.25, 0.3) is 0 Å². The average molecular weight is 470 g/mol. The monoisotopic (exact) mass is 470 g/mol. The Labute approximate surface area is 165 Å². The largest absolute Gasteiger partial charge is 0.357 e. The molecule has 0 aromatic carbocycles. The van der Waals surface area contributed by atoms with Crippen molar-refractivity contribution in [2.24, 2.45) is 4.99 Å². The van der Waals surface area contributed by atoms with Crippen molar-refractivity contribution < 1.29 is 4.21 Å². The molecule has 0 amide bonds. The molecule has 1 unspecified atom stereocenters. The summed E-state index contributed by atoms with van der Waals surface area (Å²) in [6, 6.07) is 0. The minimum absolute atomic E-state index is 0. The standard InChI is InChI=1S/C15H30N6OS.HI/c1-6-13-20-19-12-21(13)10-8-17-14(16-7-2)18-9-11-23(22)15(3,4)5;/h12H,6-11H2,1-5H3,(H2,16,17,18);1H. The van der Waals surface area contributed by atoms with Gasteiger partial charge in [0.2, 0.25) is 0 Å². The quantitative estimate of drug-likeness (QED) is 0.342. The fourth-order valence-electron chi connectivity index (χ4n) is 1.92. The van der Waals surface area contributed by atoms with Gasteiger partial charge in [-0.25, -0.2) is 0 Å². The van der Waals surface area contributed by atoms with Crippen LogP contribution in [0.2, 0.25) is 0 Å². The first-order chi connectivity index (χ1) is 10.9. The fourth-order valence-corrected chi connectivity index (χ4v) is 2.79. The number of hydrogen-bond acceptors (Lipinski definition) is 4. The molecule has 0 radical (unpaired) electrons. The number of aromatic nitrogens is 3. The van der Waals surface area contributed by atoms with Gasteiger partial charge in [0.1, 0.15) is 12.2 Å². The topological polar surface area (TPSA) is 84.2 Å². The highest BCUT2D eigenvalue weighted by molar-refractivity contribution is 14.0. The Hall–Kier alpha value is -0.710. The van der Waals surface area contributed by atoms with E-state index in [1.807, 2.05) is 32.3 Å². The van der Waals surface area contributed by atoms with Gasteiger partial charge in [-0.05, 0) is 27.7 Å². The highest BCUT2D eigenvalue weighted by Gasteiger charge is 2.18. The zero-order chi connectivity index (χ0) is 17.3. The number of halogens is 1. The molecule has 0 fully saturated rings. The van der Waals surface area contributed by atoms with E-state index in [4.69, 9.17) is 0 Å². The van der Waals surface area contributed by atoms with E-state index in [0.717, 1.165) is 37.8 Å². The molecule has 140 valence electrons. The lowest BCUT2D eigenvalue weighted by atomic mass is 10.3. The molecule has 1 rings (SSSR count). The van der Waals surface area contributed by atoms with Crippen molar-refractivity contribution in [3.63, 3.8) is 0 Å². The van der Waals surface area contributed by atoms with Crippen LogP contribution in [0.5, 0.6) is 0 Å². The number of nitrogens with one attached hydrogen (secondary N) is 2. The second-order valence-electron chi connectivity index (χ2n) is 6.14. The molecular formula is C15H31IN6OS. The van der Waals surface area contributed by atoms with Gasteiger partial charge in [-0.3, -0.25) is 9.20 Å². The van der Waals surface area contributed by atoms with Gasteiger partial charge < -0.3 is 15.2 Å². The summed E-state index contributed by atoms with van der Waals surface area (Å²) in [7, 11) is -0.875. The number of rotatable bonds is 8. The summed E-state index contributed by atoms with van der Waals surface area (Å²) >= 11 is 0. The van der Waals surface area contributed by atoms with Crippen LogP contribution in [0.1, 0.15) is 40.4 Å². The molecule has 1 atom stereocenters. The van der Waals surface area contributed by atoms with Crippen molar-refractivity contribution >= 4 is 40.7 Å². The van der Waals surface area contributed by atoms with Crippen LogP contribution in [-0.2, 0) is 23.8 Å². The summed E-state index contributed by atoms with van der Waals surface area (Å²) in [5, 5.41) is 14.5. The van der Waals surface area contributed by atoms with Gasteiger partial charge >= 0.3 is 0 Å². The fraction of sp³-hybridized carbons (Fsp3) is 0.800. The van der Waals surface area contributed by atoms with E-state index >= 15 is 0 Å². The Kier molecular flexibility index (Phi) is 11.4. The highest BCUT2D eigenvalue weighted by Crippen LogP contribution is 2.10. The summed E-state index contributed by atoms with van der Waals surface area (Å²) in [5.41, 5.74) is 0. The summed E-state index contributed by atoms with van der Waals surface area (Å²) in [6.07, 6.45) is 2.61. The van der Waals surface area contributed by atoms with Crippen LogP contribution < -0.4 is 10.6 Å². The lowest BCUT2D eigenvalue weighted by Crippen LogP contribution is -2.39. The molecule has 0 bridgehead atoms. The number of hydrogen-bond donors (Lipinski definition) is 2. The molecule has 7 nitrogen and oxygen atoms in total.